The molecule has 2 heterocycles. The fourth-order valence-corrected chi connectivity index (χ4v) is 2.63. The molecule has 84 valence electrons. The van der Waals surface area contributed by atoms with Gasteiger partial charge in [0.15, 0.2) is 0 Å². The number of aryl methyl sites for hydroxylation is 1. The molecule has 0 atom stereocenters. The van der Waals surface area contributed by atoms with Crippen molar-refractivity contribution in [3.8, 4) is 10.4 Å². The van der Waals surface area contributed by atoms with Crippen molar-refractivity contribution in [2.75, 3.05) is 13.6 Å². The minimum atomic E-state index is 0.975. The number of hydrogen-bond acceptors (Lipinski definition) is 4. The first kappa shape index (κ1) is 11.2. The summed E-state index contributed by atoms with van der Waals surface area (Å²) in [6.07, 6.45) is 4.64. The van der Waals surface area contributed by atoms with Crippen LogP contribution in [0.25, 0.3) is 10.4 Å². The summed E-state index contributed by atoms with van der Waals surface area (Å²) >= 11 is 1.77. The van der Waals surface area contributed by atoms with Gasteiger partial charge in [-0.25, -0.2) is 4.98 Å². The zero-order chi connectivity index (χ0) is 11.4. The second-order valence-corrected chi connectivity index (χ2v) is 4.70. The van der Waals surface area contributed by atoms with E-state index >= 15 is 0 Å². The van der Waals surface area contributed by atoms with E-state index in [0.717, 1.165) is 18.7 Å². The summed E-state index contributed by atoms with van der Waals surface area (Å²) in [7, 11) is 1.96. The summed E-state index contributed by atoms with van der Waals surface area (Å²) in [4.78, 5) is 9.87. The fourth-order valence-electron chi connectivity index (χ4n) is 1.56. The third-order valence-corrected chi connectivity index (χ3v) is 3.64. The Balaban J connectivity index is 2.25. The van der Waals surface area contributed by atoms with Crippen LogP contribution in [-0.2, 0) is 6.42 Å². The average Bonchev–Trinajstić information content (AvgIpc) is 2.69. The average molecular weight is 233 g/mol. The van der Waals surface area contributed by atoms with Crippen molar-refractivity contribution in [3.63, 3.8) is 0 Å². The Morgan fingerprint density at radius 3 is 2.75 bits per heavy atom. The maximum absolute atomic E-state index is 4.58. The lowest BCUT2D eigenvalue weighted by Gasteiger charge is -1.96. The summed E-state index contributed by atoms with van der Waals surface area (Å²) in [6, 6.07) is 4.06. The second kappa shape index (κ2) is 5.18. The van der Waals surface area contributed by atoms with Gasteiger partial charge in [0.1, 0.15) is 0 Å². The molecule has 0 aliphatic heterocycles. The van der Waals surface area contributed by atoms with Gasteiger partial charge >= 0.3 is 0 Å². The first-order valence-electron chi connectivity index (χ1n) is 5.32. The van der Waals surface area contributed by atoms with Gasteiger partial charge in [-0.2, -0.15) is 0 Å². The lowest BCUT2D eigenvalue weighted by Crippen LogP contribution is -2.09. The number of aromatic nitrogens is 2. The summed E-state index contributed by atoms with van der Waals surface area (Å²) in [6.45, 7) is 3.04. The highest BCUT2D eigenvalue weighted by Crippen LogP contribution is 2.29. The van der Waals surface area contributed by atoms with E-state index < -0.39 is 0 Å². The largest absolute Gasteiger partial charge is 0.319 e. The van der Waals surface area contributed by atoms with Crippen LogP contribution in [0.3, 0.4) is 0 Å². The molecule has 0 aliphatic rings. The number of hydrogen-bond donors (Lipinski definition) is 1. The Hall–Kier alpha value is -1.26. The van der Waals surface area contributed by atoms with Gasteiger partial charge in [0.2, 0.25) is 0 Å². The van der Waals surface area contributed by atoms with Gasteiger partial charge in [-0.3, -0.25) is 4.98 Å². The molecule has 2 rings (SSSR count). The predicted octanol–water partition coefficient (Wildman–Crippen LogP) is 2.28. The standard InChI is InChI=1S/C12H15N3S/c1-9-12(10-3-7-14-8-4-10)16-11(15-9)5-6-13-2/h3-4,7-8,13H,5-6H2,1-2H3. The van der Waals surface area contributed by atoms with Crippen LogP contribution in [0.1, 0.15) is 10.7 Å². The second-order valence-electron chi connectivity index (χ2n) is 3.61. The van der Waals surface area contributed by atoms with Crippen molar-refractivity contribution >= 4 is 11.3 Å². The topological polar surface area (TPSA) is 37.8 Å². The number of pyridine rings is 1. The predicted molar refractivity (Wildman–Crippen MR) is 67.7 cm³/mol. The van der Waals surface area contributed by atoms with Gasteiger partial charge in [0.25, 0.3) is 0 Å². The van der Waals surface area contributed by atoms with Gasteiger partial charge < -0.3 is 5.32 Å². The van der Waals surface area contributed by atoms with Crippen LogP contribution < -0.4 is 5.32 Å². The molecule has 4 heteroatoms. The molecule has 0 radical (unpaired) electrons. The molecule has 3 nitrogen and oxygen atoms in total. The highest BCUT2D eigenvalue weighted by Gasteiger charge is 2.08. The smallest absolute Gasteiger partial charge is 0.0947 e. The highest BCUT2D eigenvalue weighted by atomic mass is 32.1. The van der Waals surface area contributed by atoms with Crippen LogP contribution in [0, 0.1) is 6.92 Å². The van der Waals surface area contributed by atoms with Gasteiger partial charge in [0, 0.05) is 25.4 Å². The number of nitrogens with one attached hydrogen (secondary N) is 1. The van der Waals surface area contributed by atoms with Gasteiger partial charge in [-0.1, -0.05) is 0 Å². The van der Waals surface area contributed by atoms with Gasteiger partial charge in [0.05, 0.1) is 15.6 Å². The van der Waals surface area contributed by atoms with E-state index in [-0.39, 0.29) is 0 Å². The van der Waals surface area contributed by atoms with Crippen molar-refractivity contribution < 1.29 is 0 Å². The van der Waals surface area contributed by atoms with E-state index in [9.17, 15) is 0 Å². The van der Waals surface area contributed by atoms with Gasteiger partial charge in [-0.15, -0.1) is 11.3 Å². The third-order valence-electron chi connectivity index (χ3n) is 2.37. The van der Waals surface area contributed by atoms with Crippen molar-refractivity contribution in [2.45, 2.75) is 13.3 Å². The molecule has 0 saturated carbocycles. The van der Waals surface area contributed by atoms with E-state index in [2.05, 4.69) is 22.2 Å². The molecule has 0 bridgehead atoms. The van der Waals surface area contributed by atoms with Crippen molar-refractivity contribution in [3.05, 3.63) is 35.2 Å². The van der Waals surface area contributed by atoms with E-state index in [4.69, 9.17) is 0 Å². The van der Waals surface area contributed by atoms with Crippen molar-refractivity contribution in [2.24, 2.45) is 0 Å². The van der Waals surface area contributed by atoms with Gasteiger partial charge in [-0.05, 0) is 31.7 Å². The molecule has 0 saturated heterocycles. The van der Waals surface area contributed by atoms with Crippen LogP contribution in [0.4, 0.5) is 0 Å². The Labute approximate surface area is 99.6 Å². The normalized spacial score (nSPS) is 10.6. The number of thiazole rings is 1. The molecular formula is C12H15N3S. The molecular weight excluding hydrogens is 218 g/mol. The minimum absolute atomic E-state index is 0.975. The molecule has 0 fully saturated rings. The Morgan fingerprint density at radius 1 is 1.31 bits per heavy atom. The van der Waals surface area contributed by atoms with E-state index in [1.807, 2.05) is 31.6 Å². The highest BCUT2D eigenvalue weighted by molar-refractivity contribution is 7.15. The van der Waals surface area contributed by atoms with E-state index in [1.54, 1.807) is 11.3 Å². The molecule has 0 spiro atoms. The summed E-state index contributed by atoms with van der Waals surface area (Å²) in [5.74, 6) is 0. The molecule has 16 heavy (non-hydrogen) atoms. The molecule has 0 aromatic carbocycles. The molecule has 0 aliphatic carbocycles. The maximum Gasteiger partial charge on any atom is 0.0947 e. The fraction of sp³-hybridized carbons (Fsp3) is 0.333. The third kappa shape index (κ3) is 2.46. The molecule has 2 aromatic rings. The van der Waals surface area contributed by atoms with Crippen LogP contribution in [0.2, 0.25) is 0 Å². The monoisotopic (exact) mass is 233 g/mol. The quantitative estimate of drug-likeness (QED) is 0.880. The van der Waals surface area contributed by atoms with Crippen molar-refractivity contribution in [1.82, 2.24) is 15.3 Å². The number of nitrogens with zero attached hydrogens (tertiary/aromatic N) is 2. The molecule has 0 unspecified atom stereocenters. The summed E-state index contributed by atoms with van der Waals surface area (Å²) < 4.78 is 0. The number of likely N-dealkylation sites (N-methyl/N-ethyl adjacent to an activating group) is 1. The van der Waals surface area contributed by atoms with E-state index in [0.29, 0.717) is 0 Å². The SMILES string of the molecule is CNCCc1nc(C)c(-c2ccncc2)s1. The summed E-state index contributed by atoms with van der Waals surface area (Å²) in [5.41, 5.74) is 2.32. The van der Waals surface area contributed by atoms with Crippen LogP contribution in [-0.4, -0.2) is 23.6 Å². The first-order valence-corrected chi connectivity index (χ1v) is 6.14. The van der Waals surface area contributed by atoms with E-state index in [1.165, 1.54) is 15.4 Å². The molecule has 1 N–H and O–H groups in total. The minimum Gasteiger partial charge on any atom is -0.319 e. The Morgan fingerprint density at radius 2 is 2.06 bits per heavy atom. The van der Waals surface area contributed by atoms with Crippen LogP contribution >= 0.6 is 11.3 Å². The Bertz CT molecular complexity index is 451. The Kier molecular flexibility index (Phi) is 3.64. The van der Waals surface area contributed by atoms with Crippen molar-refractivity contribution in [1.29, 1.82) is 0 Å². The first-order chi connectivity index (χ1) is 7.81. The van der Waals surface area contributed by atoms with Crippen LogP contribution in [0.5, 0.6) is 0 Å². The molecule has 2 aromatic heterocycles. The lowest BCUT2D eigenvalue weighted by molar-refractivity contribution is 0.786. The molecule has 0 amide bonds. The lowest BCUT2D eigenvalue weighted by atomic mass is 10.2. The number of rotatable bonds is 4. The van der Waals surface area contributed by atoms with Crippen LogP contribution in [0.15, 0.2) is 24.5 Å². The zero-order valence-corrected chi connectivity index (χ0v) is 10.3. The summed E-state index contributed by atoms with van der Waals surface area (Å²) in [5, 5.41) is 4.33. The zero-order valence-electron chi connectivity index (χ0n) is 9.53. The maximum atomic E-state index is 4.58.